The quantitative estimate of drug-likeness (QED) is 0.700. The van der Waals surface area contributed by atoms with E-state index < -0.39 is 0 Å². The molecule has 0 aliphatic rings. The van der Waals surface area contributed by atoms with Crippen LogP contribution in [0.3, 0.4) is 0 Å². The van der Waals surface area contributed by atoms with Gasteiger partial charge in [-0.1, -0.05) is 5.16 Å². The monoisotopic (exact) mass is 355 g/mol. The molecule has 0 bridgehead atoms. The van der Waals surface area contributed by atoms with E-state index in [1.807, 2.05) is 29.8 Å². The summed E-state index contributed by atoms with van der Waals surface area (Å²) < 4.78 is 12.7. The molecule has 0 saturated carbocycles. The van der Waals surface area contributed by atoms with Crippen LogP contribution in [0.2, 0.25) is 0 Å². The molecule has 136 valence electrons. The Kier molecular flexibility index (Phi) is 5.31. The molecule has 0 spiro atoms. The first-order valence-electron chi connectivity index (χ1n) is 8.34. The Hall–Kier alpha value is -3.16. The van der Waals surface area contributed by atoms with E-state index in [0.717, 1.165) is 11.5 Å². The van der Waals surface area contributed by atoms with Gasteiger partial charge in [-0.3, -0.25) is 9.78 Å². The van der Waals surface area contributed by atoms with Crippen molar-refractivity contribution in [2.45, 2.75) is 40.0 Å². The summed E-state index contributed by atoms with van der Waals surface area (Å²) in [5, 5.41) is 6.58. The second-order valence-corrected chi connectivity index (χ2v) is 6.13. The zero-order chi connectivity index (χ0) is 18.5. The average molecular weight is 355 g/mol. The van der Waals surface area contributed by atoms with E-state index in [2.05, 4.69) is 34.3 Å². The van der Waals surface area contributed by atoms with E-state index in [9.17, 15) is 4.79 Å². The number of carbonyl (C=O) groups is 1. The second-order valence-electron chi connectivity index (χ2n) is 6.13. The number of rotatable bonds is 7. The topological polar surface area (TPSA) is 95.1 Å². The van der Waals surface area contributed by atoms with Gasteiger partial charge in [0, 0.05) is 30.2 Å². The fraction of sp³-hybridized carbons (Fsp3) is 0.333. The number of nitrogens with zero attached hydrogens (tertiary/aromatic N) is 4. The molecule has 3 aromatic rings. The highest BCUT2D eigenvalue weighted by molar-refractivity contribution is 5.92. The van der Waals surface area contributed by atoms with Gasteiger partial charge in [-0.2, -0.15) is 0 Å². The average Bonchev–Trinajstić information content (AvgIpc) is 3.28. The highest BCUT2D eigenvalue weighted by atomic mass is 16.5. The van der Waals surface area contributed by atoms with Crippen LogP contribution in [-0.4, -0.2) is 25.6 Å². The van der Waals surface area contributed by atoms with Gasteiger partial charge in [0.15, 0.2) is 11.5 Å². The van der Waals surface area contributed by atoms with Crippen LogP contribution < -0.4 is 10.1 Å². The Morgan fingerprint density at radius 1 is 1.35 bits per heavy atom. The van der Waals surface area contributed by atoms with Crippen LogP contribution in [0.15, 0.2) is 41.3 Å². The van der Waals surface area contributed by atoms with Gasteiger partial charge in [0.2, 0.25) is 0 Å². The Morgan fingerprint density at radius 3 is 2.92 bits per heavy atom. The second kappa shape index (κ2) is 7.81. The van der Waals surface area contributed by atoms with Crippen LogP contribution in [0.1, 0.15) is 47.7 Å². The number of nitrogens with one attached hydrogen (secondary N) is 1. The van der Waals surface area contributed by atoms with Crippen LogP contribution in [0.4, 0.5) is 0 Å². The van der Waals surface area contributed by atoms with E-state index in [4.69, 9.17) is 9.26 Å². The molecule has 1 N–H and O–H groups in total. The number of aryl methyl sites for hydroxylation is 1. The molecule has 0 unspecified atom stereocenters. The van der Waals surface area contributed by atoms with Crippen molar-refractivity contribution in [3.8, 4) is 5.75 Å². The fourth-order valence-electron chi connectivity index (χ4n) is 2.38. The number of carbonyl (C=O) groups excluding carboxylic acids is 1. The first-order valence-corrected chi connectivity index (χ1v) is 8.34. The zero-order valence-corrected chi connectivity index (χ0v) is 15.0. The first kappa shape index (κ1) is 17.7. The van der Waals surface area contributed by atoms with Gasteiger partial charge in [0.25, 0.3) is 5.91 Å². The molecule has 1 amide bonds. The molecular formula is C18H21N5O3. The van der Waals surface area contributed by atoms with Crippen LogP contribution in [0, 0.1) is 6.92 Å². The van der Waals surface area contributed by atoms with Gasteiger partial charge in [0.1, 0.15) is 18.2 Å². The van der Waals surface area contributed by atoms with Crippen molar-refractivity contribution in [1.29, 1.82) is 0 Å². The Labute approximate surface area is 151 Å². The van der Waals surface area contributed by atoms with Crippen molar-refractivity contribution in [2.75, 3.05) is 0 Å². The molecule has 3 heterocycles. The highest BCUT2D eigenvalue weighted by Gasteiger charge is 2.14. The van der Waals surface area contributed by atoms with E-state index in [1.165, 1.54) is 0 Å². The van der Waals surface area contributed by atoms with Crippen LogP contribution >= 0.6 is 0 Å². The molecule has 0 aliphatic heterocycles. The van der Waals surface area contributed by atoms with E-state index in [0.29, 0.717) is 18.1 Å². The van der Waals surface area contributed by atoms with Crippen LogP contribution in [-0.2, 0) is 13.2 Å². The molecule has 26 heavy (non-hydrogen) atoms. The summed E-state index contributed by atoms with van der Waals surface area (Å²) in [6, 6.07) is 5.52. The zero-order valence-electron chi connectivity index (χ0n) is 15.0. The van der Waals surface area contributed by atoms with Crippen molar-refractivity contribution >= 4 is 5.91 Å². The maximum atomic E-state index is 12.2. The van der Waals surface area contributed by atoms with Gasteiger partial charge in [0.05, 0.1) is 12.7 Å². The fourth-order valence-corrected chi connectivity index (χ4v) is 2.38. The van der Waals surface area contributed by atoms with Crippen LogP contribution in [0.25, 0.3) is 0 Å². The molecule has 3 aromatic heterocycles. The summed E-state index contributed by atoms with van der Waals surface area (Å²) in [7, 11) is 0. The molecule has 0 saturated heterocycles. The lowest BCUT2D eigenvalue weighted by Crippen LogP contribution is -2.25. The summed E-state index contributed by atoms with van der Waals surface area (Å²) in [6.07, 6.45) is 5.24. The number of pyridine rings is 1. The molecule has 3 rings (SSSR count). The summed E-state index contributed by atoms with van der Waals surface area (Å²) >= 11 is 0. The summed E-state index contributed by atoms with van der Waals surface area (Å²) in [5.74, 6) is 1.54. The van der Waals surface area contributed by atoms with E-state index >= 15 is 0 Å². The predicted molar refractivity (Wildman–Crippen MR) is 93.6 cm³/mol. The lowest BCUT2D eigenvalue weighted by atomic mass is 10.3. The van der Waals surface area contributed by atoms with Gasteiger partial charge in [-0.05, 0) is 32.9 Å². The van der Waals surface area contributed by atoms with Gasteiger partial charge < -0.3 is 19.1 Å². The summed E-state index contributed by atoms with van der Waals surface area (Å²) in [5.41, 5.74) is 1.11. The number of amides is 1. The number of hydrogen-bond acceptors (Lipinski definition) is 6. The first-order chi connectivity index (χ1) is 12.5. The Bertz CT molecular complexity index is 867. The van der Waals surface area contributed by atoms with E-state index in [1.54, 1.807) is 18.5 Å². The molecule has 0 fully saturated rings. The van der Waals surface area contributed by atoms with Crippen molar-refractivity contribution in [1.82, 2.24) is 25.0 Å². The Balaban J connectivity index is 1.54. The summed E-state index contributed by atoms with van der Waals surface area (Å²) in [6.45, 7) is 6.50. The van der Waals surface area contributed by atoms with Crippen LogP contribution in [0.5, 0.6) is 5.75 Å². The molecule has 0 aromatic carbocycles. The van der Waals surface area contributed by atoms with E-state index in [-0.39, 0.29) is 24.2 Å². The largest absolute Gasteiger partial charge is 0.484 e. The predicted octanol–water partition coefficient (Wildman–Crippen LogP) is 2.66. The summed E-state index contributed by atoms with van der Waals surface area (Å²) in [4.78, 5) is 20.6. The molecule has 8 nitrogen and oxygen atoms in total. The maximum absolute atomic E-state index is 12.2. The standard InChI is InChI=1S/C18H21N5O3/c1-12(2)23-7-6-19-17(23)10-21-18(24)16-8-15(26-22-16)11-25-14-5-4-13(3)20-9-14/h4-9,12H,10-11H2,1-3H3,(H,21,24). The minimum Gasteiger partial charge on any atom is -0.484 e. The maximum Gasteiger partial charge on any atom is 0.273 e. The normalized spacial score (nSPS) is 10.9. The van der Waals surface area contributed by atoms with Gasteiger partial charge >= 0.3 is 0 Å². The number of imidazole rings is 1. The molecular weight excluding hydrogens is 334 g/mol. The number of aromatic nitrogens is 4. The minimum absolute atomic E-state index is 0.169. The van der Waals surface area contributed by atoms with Crippen molar-refractivity contribution in [3.63, 3.8) is 0 Å². The SMILES string of the molecule is Cc1ccc(OCc2cc(C(=O)NCc3nccn3C(C)C)no2)cn1. The number of hydrogen-bond donors (Lipinski definition) is 1. The molecule has 8 heteroatoms. The third-order valence-electron chi connectivity index (χ3n) is 3.77. The molecule has 0 radical (unpaired) electrons. The third kappa shape index (κ3) is 4.27. The van der Waals surface area contributed by atoms with Crippen molar-refractivity contribution in [3.05, 3.63) is 59.8 Å². The Morgan fingerprint density at radius 2 is 2.19 bits per heavy atom. The molecule has 0 aliphatic carbocycles. The molecule has 0 atom stereocenters. The van der Waals surface area contributed by atoms with Gasteiger partial charge in [-0.15, -0.1) is 0 Å². The lowest BCUT2D eigenvalue weighted by Gasteiger charge is -2.11. The van der Waals surface area contributed by atoms with Crippen molar-refractivity contribution < 1.29 is 14.1 Å². The van der Waals surface area contributed by atoms with Crippen molar-refractivity contribution in [2.24, 2.45) is 0 Å². The van der Waals surface area contributed by atoms with Gasteiger partial charge in [-0.25, -0.2) is 4.98 Å². The minimum atomic E-state index is -0.324. The number of ether oxygens (including phenoxy) is 1. The smallest absolute Gasteiger partial charge is 0.273 e. The highest BCUT2D eigenvalue weighted by Crippen LogP contribution is 2.13. The lowest BCUT2D eigenvalue weighted by molar-refractivity contribution is 0.0940. The third-order valence-corrected chi connectivity index (χ3v) is 3.77.